The Balaban J connectivity index is 0.617. The topological polar surface area (TPSA) is 234 Å². The molecule has 6 heterocycles. The van der Waals surface area contributed by atoms with Crippen LogP contribution in [0.25, 0.3) is 166 Å². The highest BCUT2D eigenvalue weighted by Gasteiger charge is 2.28. The summed E-state index contributed by atoms with van der Waals surface area (Å²) in [4.78, 5) is 168. The van der Waals surface area contributed by atoms with E-state index < -0.39 is 66.7 Å². The summed E-state index contributed by atoms with van der Waals surface area (Å²) >= 11 is 0. The molecule has 582 valence electrons. The Bertz CT molecular complexity index is 7240. The fraction of sp³-hybridized carbons (Fsp3) is 0.118. The van der Waals surface area contributed by atoms with Crippen molar-refractivity contribution in [3.8, 4) is 101 Å². The first-order chi connectivity index (χ1) is 57.3. The number of aromatic nitrogens is 6. The highest BCUT2D eigenvalue weighted by atomic mass is 16.2. The Kier molecular flexibility index (Phi) is 16.9. The van der Waals surface area contributed by atoms with Crippen LogP contribution in [0, 0.1) is 0 Å². The normalized spacial score (nSPS) is 12.3. The minimum absolute atomic E-state index is 0.0316. The monoisotopic (exact) mass is 1570 g/mol. The maximum Gasteiger partial charge on any atom is 0.266 e. The SMILES string of the molecule is CC(C)(C)c1ccc(-n2c(=O)c3cc4c(=O)n(-c5ccc(-c6ccc(-c7cc(-c8ccc(-c9ccc(-n%10c(=O)c%11cc%12c(=O)n(-c%13ccc(C(C)(C)C)cc%13)c(=O)c%12cc%11c%10=O)cc9)cc8)cc(-c8ccc(-c9ccc(-n%10c(=O)c%11cc%12c(=O)n(-c%13ccc(C(C)(C)C)cc%13)c(=O)c%12cc%11c%10=O)cc9)cc8)c7)cc6)cc5)c(=O)c4cc3c2=O)cc1. The molecule has 0 radical (unpaired) electrons. The quantitative estimate of drug-likeness (QED) is 0.111. The van der Waals surface area contributed by atoms with Gasteiger partial charge in [0.25, 0.3) is 66.7 Å². The minimum Gasteiger partial charge on any atom is -0.268 e. The van der Waals surface area contributed by atoms with Crippen LogP contribution in [0.15, 0.2) is 331 Å². The second kappa shape index (κ2) is 27.2. The summed E-state index contributed by atoms with van der Waals surface area (Å²) < 4.78 is 6.40. The van der Waals surface area contributed by atoms with Gasteiger partial charge in [0.2, 0.25) is 0 Å². The van der Waals surface area contributed by atoms with Gasteiger partial charge >= 0.3 is 0 Å². The number of rotatable bonds is 12. The van der Waals surface area contributed by atoms with Gasteiger partial charge in [-0.25, -0.2) is 27.4 Å². The van der Waals surface area contributed by atoms with E-state index in [1.54, 1.807) is 72.8 Å². The van der Waals surface area contributed by atoms with E-state index in [9.17, 15) is 57.5 Å². The zero-order valence-corrected chi connectivity index (χ0v) is 66.6. The van der Waals surface area contributed by atoms with Crippen LogP contribution in [0.3, 0.4) is 0 Å². The van der Waals surface area contributed by atoms with Crippen LogP contribution < -0.4 is 66.7 Å². The van der Waals surface area contributed by atoms with E-state index in [-0.39, 0.29) is 80.9 Å². The van der Waals surface area contributed by atoms with Crippen molar-refractivity contribution in [2.75, 3.05) is 0 Å². The van der Waals surface area contributed by atoms with Gasteiger partial charge in [0.05, 0.1) is 98.8 Å². The van der Waals surface area contributed by atoms with Crippen LogP contribution in [-0.2, 0) is 16.2 Å². The van der Waals surface area contributed by atoms with E-state index in [2.05, 4.69) is 80.5 Å². The molecule has 0 bridgehead atoms. The number of hydrogen-bond acceptors (Lipinski definition) is 12. The van der Waals surface area contributed by atoms with Gasteiger partial charge in [-0.3, -0.25) is 57.5 Å². The first-order valence-corrected chi connectivity index (χ1v) is 39.3. The Morgan fingerprint density at radius 1 is 0.142 bits per heavy atom. The van der Waals surface area contributed by atoms with Crippen LogP contribution in [0.4, 0.5) is 0 Å². The first kappa shape index (κ1) is 74.8. The molecule has 0 saturated heterocycles. The van der Waals surface area contributed by atoms with Gasteiger partial charge in [0.1, 0.15) is 0 Å². The van der Waals surface area contributed by atoms with Crippen molar-refractivity contribution in [2.45, 2.75) is 78.6 Å². The van der Waals surface area contributed by atoms with Crippen molar-refractivity contribution in [1.29, 1.82) is 0 Å². The van der Waals surface area contributed by atoms with Gasteiger partial charge in [0, 0.05) is 0 Å². The molecule has 0 N–H and O–H groups in total. The fourth-order valence-corrected chi connectivity index (χ4v) is 16.8. The molecule has 0 fully saturated rings. The van der Waals surface area contributed by atoms with Gasteiger partial charge in [-0.15, -0.1) is 0 Å². The number of benzene rings is 13. The maximum absolute atomic E-state index is 14.2. The van der Waals surface area contributed by atoms with Crippen molar-refractivity contribution >= 4 is 64.6 Å². The molecule has 19 aromatic rings. The van der Waals surface area contributed by atoms with Crippen molar-refractivity contribution in [1.82, 2.24) is 27.4 Å². The molecule has 0 aliphatic carbocycles. The third-order valence-electron chi connectivity index (χ3n) is 23.6. The summed E-state index contributed by atoms with van der Waals surface area (Å²) in [7, 11) is 0. The van der Waals surface area contributed by atoms with E-state index in [0.717, 1.165) is 111 Å². The third-order valence-corrected chi connectivity index (χ3v) is 23.6. The van der Waals surface area contributed by atoms with Crippen LogP contribution in [0.2, 0.25) is 0 Å². The largest absolute Gasteiger partial charge is 0.268 e. The second-order valence-corrected chi connectivity index (χ2v) is 34.1. The average Bonchev–Trinajstić information content (AvgIpc) is 1.58. The van der Waals surface area contributed by atoms with E-state index in [1.807, 2.05) is 146 Å². The molecule has 6 aromatic heterocycles. The number of nitrogens with zero attached hydrogens (tertiary/aromatic N) is 6. The molecule has 0 amide bonds. The molecule has 120 heavy (non-hydrogen) atoms. The molecule has 0 unspecified atom stereocenters. The average molecular weight is 1570 g/mol. The maximum atomic E-state index is 14.2. The van der Waals surface area contributed by atoms with E-state index in [1.165, 1.54) is 36.4 Å². The smallest absolute Gasteiger partial charge is 0.266 e. The van der Waals surface area contributed by atoms with E-state index in [0.29, 0.717) is 34.1 Å². The summed E-state index contributed by atoms with van der Waals surface area (Å²) in [5.74, 6) is 0. The van der Waals surface area contributed by atoms with Gasteiger partial charge in [-0.05, 0) is 227 Å². The molecule has 18 heteroatoms. The molecular weight excluding hydrogens is 1500 g/mol. The molecule has 19 rings (SSSR count). The molecule has 0 atom stereocenters. The van der Waals surface area contributed by atoms with Crippen molar-refractivity contribution in [3.63, 3.8) is 0 Å². The van der Waals surface area contributed by atoms with Gasteiger partial charge in [0.15, 0.2) is 0 Å². The predicted molar refractivity (Wildman–Crippen MR) is 479 cm³/mol. The third kappa shape index (κ3) is 12.1. The molecule has 0 aliphatic rings. The fourth-order valence-electron chi connectivity index (χ4n) is 16.8. The molecule has 0 aliphatic heterocycles. The molecule has 0 saturated carbocycles. The zero-order chi connectivity index (χ0) is 83.8. The lowest BCUT2D eigenvalue weighted by molar-refractivity contribution is 0.590. The summed E-state index contributed by atoms with van der Waals surface area (Å²) in [6.07, 6.45) is 0. The zero-order valence-electron chi connectivity index (χ0n) is 66.6. The second-order valence-electron chi connectivity index (χ2n) is 34.1. The van der Waals surface area contributed by atoms with Crippen LogP contribution in [0.5, 0.6) is 0 Å². The van der Waals surface area contributed by atoms with Crippen molar-refractivity contribution in [2.24, 2.45) is 0 Å². The van der Waals surface area contributed by atoms with Gasteiger partial charge < -0.3 is 0 Å². The molecular formula is C102H72N6O12. The van der Waals surface area contributed by atoms with Crippen molar-refractivity contribution < 1.29 is 0 Å². The first-order valence-electron chi connectivity index (χ1n) is 39.3. The molecule has 13 aromatic carbocycles. The number of fused-ring (bicyclic) bond motifs is 6. The van der Waals surface area contributed by atoms with Crippen LogP contribution in [-0.4, -0.2) is 27.4 Å². The standard InChI is InChI=1S/C102H72N6O12/c1-100(2,3)67-28-40-73(41-29-67)106-94(115)82-49-76-77(50-83(82)95(106)116)89(110)103(88(76)109)70-34-22-58(23-35-70)55-10-16-61(17-11-55)64-46-65(62-18-12-56(13-19-62)59-24-36-71(37-25-59)104-90(111)78-51-84-85(52-79(78)91(104)112)97(118)107(96(84)117)74-42-30-68(31-43-74)101(4,5)6)48-66(47-64)63-20-14-57(15-21-63)60-26-38-72(39-27-60)105-92(113)80-53-86-87(54-81(80)93(105)114)99(120)108(98(86)119)75-44-32-69(33-45-75)102(7,8)9/h10-54H,1-9H3. The van der Waals surface area contributed by atoms with Gasteiger partial charge in [-0.1, -0.05) is 208 Å². The van der Waals surface area contributed by atoms with E-state index >= 15 is 0 Å². The highest BCUT2D eigenvalue weighted by molar-refractivity contribution is 6.01. The van der Waals surface area contributed by atoms with E-state index in [4.69, 9.17) is 0 Å². The summed E-state index contributed by atoms with van der Waals surface area (Å²) in [6, 6.07) is 81.2. The Morgan fingerprint density at radius 3 is 0.375 bits per heavy atom. The molecule has 18 nitrogen and oxygen atoms in total. The lowest BCUT2D eigenvalue weighted by Gasteiger charge is -2.19. The summed E-state index contributed by atoms with van der Waals surface area (Å²) in [6.45, 7) is 18.6. The van der Waals surface area contributed by atoms with Crippen LogP contribution in [0.1, 0.15) is 79.0 Å². The lowest BCUT2D eigenvalue weighted by atomic mass is 9.87. The van der Waals surface area contributed by atoms with Crippen molar-refractivity contribution in [3.05, 3.63) is 414 Å². The van der Waals surface area contributed by atoms with Gasteiger partial charge in [-0.2, -0.15) is 0 Å². The minimum atomic E-state index is -0.614. The number of hydrogen-bond donors (Lipinski definition) is 0. The highest BCUT2D eigenvalue weighted by Crippen LogP contribution is 2.38. The predicted octanol–water partition coefficient (Wildman–Crippen LogP) is 16.2. The Hall–Kier alpha value is -15.3. The Morgan fingerprint density at radius 2 is 0.250 bits per heavy atom. The lowest BCUT2D eigenvalue weighted by Crippen LogP contribution is -2.24. The Labute approximate surface area is 681 Å². The van der Waals surface area contributed by atoms with Crippen LogP contribution >= 0.6 is 0 Å². The molecule has 0 spiro atoms. The summed E-state index contributed by atoms with van der Waals surface area (Å²) in [5, 5.41) is 0.478. The summed E-state index contributed by atoms with van der Waals surface area (Å²) in [5.41, 5.74) is 7.88.